The first kappa shape index (κ1) is 22.0. The minimum absolute atomic E-state index is 0.111. The lowest BCUT2D eigenvalue weighted by molar-refractivity contribution is 0.0462. The largest absolute Gasteiger partial charge is 0.451 e. The Hall–Kier alpha value is -4.84. The van der Waals surface area contributed by atoms with E-state index < -0.39 is 12.6 Å². The second-order valence-electron chi connectivity index (χ2n) is 7.82. The third-order valence-electron chi connectivity index (χ3n) is 5.47. The summed E-state index contributed by atoms with van der Waals surface area (Å²) in [5.74, 6) is -0.665. The molecule has 1 aromatic heterocycles. The molecule has 0 aliphatic rings. The minimum atomic E-state index is -0.758. The Morgan fingerprint density at radius 3 is 1.83 bits per heavy atom. The molecule has 6 heteroatoms. The second kappa shape index (κ2) is 9.97. The zero-order chi connectivity index (χ0) is 24.0. The van der Waals surface area contributed by atoms with Gasteiger partial charge in [0.05, 0.1) is 5.69 Å². The van der Waals surface area contributed by atoms with Crippen molar-refractivity contribution >= 4 is 11.8 Å². The SMILES string of the molecule is O=C(COC(=O)c1nc(-c2ccccc2)n(-c2ccccc2)n1)c1ccc(-c2ccccc2)cc1. The van der Waals surface area contributed by atoms with Crippen LogP contribution in [0.5, 0.6) is 0 Å². The quantitative estimate of drug-likeness (QED) is 0.233. The van der Waals surface area contributed by atoms with E-state index in [1.54, 1.807) is 16.8 Å². The smallest absolute Gasteiger partial charge is 0.378 e. The van der Waals surface area contributed by atoms with Gasteiger partial charge in [-0.3, -0.25) is 4.79 Å². The van der Waals surface area contributed by atoms with Gasteiger partial charge in [0.25, 0.3) is 5.82 Å². The molecule has 0 N–H and O–H groups in total. The zero-order valence-corrected chi connectivity index (χ0v) is 18.7. The number of nitrogens with zero attached hydrogens (tertiary/aromatic N) is 3. The van der Waals surface area contributed by atoms with Crippen LogP contribution in [0.25, 0.3) is 28.2 Å². The maximum Gasteiger partial charge on any atom is 0.378 e. The number of hydrogen-bond donors (Lipinski definition) is 0. The average molecular weight is 460 g/mol. The lowest BCUT2D eigenvalue weighted by atomic mass is 10.0. The van der Waals surface area contributed by atoms with Crippen LogP contribution < -0.4 is 0 Å². The van der Waals surface area contributed by atoms with Crippen LogP contribution in [0.1, 0.15) is 21.0 Å². The molecule has 6 nitrogen and oxygen atoms in total. The van der Waals surface area contributed by atoms with Gasteiger partial charge in [-0.05, 0) is 23.3 Å². The number of hydrogen-bond acceptors (Lipinski definition) is 5. The van der Waals surface area contributed by atoms with Crippen molar-refractivity contribution in [2.24, 2.45) is 0 Å². The monoisotopic (exact) mass is 459 g/mol. The highest BCUT2D eigenvalue weighted by atomic mass is 16.5. The van der Waals surface area contributed by atoms with Crippen molar-refractivity contribution in [3.05, 3.63) is 127 Å². The number of Topliss-reactive ketones (excluding diaryl/α,β-unsaturated/α-hetero) is 1. The lowest BCUT2D eigenvalue weighted by Gasteiger charge is -2.05. The Morgan fingerprint density at radius 1 is 0.657 bits per heavy atom. The molecule has 0 bridgehead atoms. The van der Waals surface area contributed by atoms with E-state index >= 15 is 0 Å². The van der Waals surface area contributed by atoms with E-state index in [2.05, 4.69) is 10.1 Å². The van der Waals surface area contributed by atoms with Crippen LogP contribution in [0, 0.1) is 0 Å². The molecule has 0 aliphatic carbocycles. The number of esters is 1. The van der Waals surface area contributed by atoms with E-state index in [4.69, 9.17) is 4.74 Å². The van der Waals surface area contributed by atoms with Gasteiger partial charge in [-0.15, -0.1) is 5.10 Å². The molecule has 1 heterocycles. The summed E-state index contributed by atoms with van der Waals surface area (Å²) in [6.07, 6.45) is 0. The predicted molar refractivity (Wildman–Crippen MR) is 133 cm³/mol. The van der Waals surface area contributed by atoms with Gasteiger partial charge in [0.1, 0.15) is 0 Å². The fourth-order valence-corrected chi connectivity index (χ4v) is 3.68. The molecule has 0 radical (unpaired) electrons. The predicted octanol–water partition coefficient (Wildman–Crippen LogP) is 5.64. The number of benzene rings is 4. The first-order chi connectivity index (χ1) is 17.2. The van der Waals surface area contributed by atoms with E-state index in [0.717, 1.165) is 22.4 Å². The van der Waals surface area contributed by atoms with Gasteiger partial charge in [-0.1, -0.05) is 103 Å². The minimum Gasteiger partial charge on any atom is -0.451 e. The Morgan fingerprint density at radius 2 is 1.20 bits per heavy atom. The van der Waals surface area contributed by atoms with E-state index in [1.165, 1.54) is 0 Å². The van der Waals surface area contributed by atoms with Crippen molar-refractivity contribution in [3.63, 3.8) is 0 Å². The highest BCUT2D eigenvalue weighted by molar-refractivity contribution is 5.99. The van der Waals surface area contributed by atoms with E-state index in [-0.39, 0.29) is 11.6 Å². The number of para-hydroxylation sites is 1. The summed E-state index contributed by atoms with van der Waals surface area (Å²) in [7, 11) is 0. The molecule has 35 heavy (non-hydrogen) atoms. The first-order valence-electron chi connectivity index (χ1n) is 11.1. The molecule has 0 spiro atoms. The Balaban J connectivity index is 1.32. The van der Waals surface area contributed by atoms with Crippen molar-refractivity contribution in [3.8, 4) is 28.2 Å². The number of aromatic nitrogens is 3. The van der Waals surface area contributed by atoms with E-state index in [1.807, 2.05) is 103 Å². The third-order valence-corrected chi connectivity index (χ3v) is 5.47. The summed E-state index contributed by atoms with van der Waals surface area (Å²) < 4.78 is 6.87. The Bertz CT molecular complexity index is 1390. The molecule has 170 valence electrons. The van der Waals surface area contributed by atoms with Crippen molar-refractivity contribution in [2.75, 3.05) is 6.61 Å². The van der Waals surface area contributed by atoms with Crippen molar-refractivity contribution in [1.29, 1.82) is 0 Å². The van der Waals surface area contributed by atoms with Gasteiger partial charge < -0.3 is 4.74 Å². The van der Waals surface area contributed by atoms with Crippen LogP contribution in [0.15, 0.2) is 115 Å². The van der Waals surface area contributed by atoms with Crippen LogP contribution in [-0.2, 0) is 4.74 Å². The summed E-state index contributed by atoms with van der Waals surface area (Å²) in [6.45, 7) is -0.399. The number of ketones is 1. The summed E-state index contributed by atoms with van der Waals surface area (Å²) in [6, 6.07) is 36.0. The van der Waals surface area contributed by atoms with Crippen LogP contribution in [0.3, 0.4) is 0 Å². The zero-order valence-electron chi connectivity index (χ0n) is 18.7. The number of carbonyl (C=O) groups excluding carboxylic acids is 2. The molecular formula is C29H21N3O3. The van der Waals surface area contributed by atoms with Gasteiger partial charge >= 0.3 is 5.97 Å². The molecule has 0 fully saturated rings. The molecule has 0 aliphatic heterocycles. The van der Waals surface area contributed by atoms with Crippen LogP contribution in [0.2, 0.25) is 0 Å². The molecule has 0 saturated heterocycles. The van der Waals surface area contributed by atoms with Gasteiger partial charge in [-0.25, -0.2) is 14.5 Å². The maximum absolute atomic E-state index is 12.7. The Labute approximate surface area is 202 Å². The van der Waals surface area contributed by atoms with E-state index in [9.17, 15) is 9.59 Å². The van der Waals surface area contributed by atoms with Crippen molar-refractivity contribution in [1.82, 2.24) is 14.8 Å². The molecule has 5 rings (SSSR count). The van der Waals surface area contributed by atoms with Crippen LogP contribution >= 0.6 is 0 Å². The van der Waals surface area contributed by atoms with E-state index in [0.29, 0.717) is 11.4 Å². The highest BCUT2D eigenvalue weighted by Gasteiger charge is 2.21. The summed E-state index contributed by atoms with van der Waals surface area (Å²) in [5, 5.41) is 4.37. The molecular weight excluding hydrogens is 438 g/mol. The molecule has 0 unspecified atom stereocenters. The summed E-state index contributed by atoms with van der Waals surface area (Å²) in [4.78, 5) is 29.8. The standard InChI is InChI=1S/C29H21N3O3/c33-26(23-18-16-22(17-19-23)21-10-4-1-5-11-21)20-35-29(34)27-30-28(24-12-6-2-7-13-24)32(31-27)25-14-8-3-9-15-25/h1-19H,20H2. The lowest BCUT2D eigenvalue weighted by Crippen LogP contribution is -2.15. The third kappa shape index (κ3) is 4.91. The number of rotatable bonds is 7. The van der Waals surface area contributed by atoms with Gasteiger partial charge in [-0.2, -0.15) is 0 Å². The van der Waals surface area contributed by atoms with Crippen LogP contribution in [-0.4, -0.2) is 33.1 Å². The topological polar surface area (TPSA) is 74.1 Å². The summed E-state index contributed by atoms with van der Waals surface area (Å²) in [5.41, 5.74) is 4.09. The second-order valence-corrected chi connectivity index (χ2v) is 7.82. The van der Waals surface area contributed by atoms with Crippen molar-refractivity contribution < 1.29 is 14.3 Å². The highest BCUT2D eigenvalue weighted by Crippen LogP contribution is 2.22. The molecule has 4 aromatic carbocycles. The maximum atomic E-state index is 12.7. The average Bonchev–Trinajstić information content (AvgIpc) is 3.39. The summed E-state index contributed by atoms with van der Waals surface area (Å²) >= 11 is 0. The number of carbonyl (C=O) groups is 2. The Kier molecular flexibility index (Phi) is 6.26. The first-order valence-corrected chi connectivity index (χ1v) is 11.1. The van der Waals surface area contributed by atoms with Gasteiger partial charge in [0.15, 0.2) is 18.2 Å². The van der Waals surface area contributed by atoms with Gasteiger partial charge in [0, 0.05) is 11.1 Å². The fourth-order valence-electron chi connectivity index (χ4n) is 3.68. The molecule has 5 aromatic rings. The van der Waals surface area contributed by atoms with Crippen molar-refractivity contribution in [2.45, 2.75) is 0 Å². The van der Waals surface area contributed by atoms with Gasteiger partial charge in [0.2, 0.25) is 0 Å². The molecule has 0 amide bonds. The molecule has 0 atom stereocenters. The molecule has 0 saturated carbocycles. The normalized spacial score (nSPS) is 10.6. The fraction of sp³-hybridized carbons (Fsp3) is 0.0345. The number of ether oxygens (including phenoxy) is 1. The van der Waals surface area contributed by atoms with Crippen LogP contribution in [0.4, 0.5) is 0 Å².